The number of carbonyl (C=O) groups excluding carboxylic acids is 1. The van der Waals surface area contributed by atoms with Crippen molar-refractivity contribution in [3.8, 4) is 5.75 Å². The van der Waals surface area contributed by atoms with Crippen LogP contribution < -0.4 is 15.5 Å². The molecular weight excluding hydrogens is 367 g/mol. The number of hydrogen-bond donors (Lipinski definition) is 2. The van der Waals surface area contributed by atoms with Crippen molar-refractivity contribution in [2.24, 2.45) is 0 Å². The van der Waals surface area contributed by atoms with Gasteiger partial charge in [-0.05, 0) is 25.0 Å². The summed E-state index contributed by atoms with van der Waals surface area (Å²) in [6, 6.07) is 5.61. The fourth-order valence-corrected chi connectivity index (χ4v) is 2.56. The Morgan fingerprint density at radius 1 is 1.30 bits per heavy atom. The van der Waals surface area contributed by atoms with Gasteiger partial charge in [-0.25, -0.2) is 0 Å². The van der Waals surface area contributed by atoms with Crippen molar-refractivity contribution in [1.29, 1.82) is 0 Å². The Labute approximate surface area is 152 Å². The molecule has 1 aromatic carbocycles. The summed E-state index contributed by atoms with van der Waals surface area (Å²) in [6.07, 6.45) is -6.11. The van der Waals surface area contributed by atoms with Gasteiger partial charge in [0.05, 0.1) is 12.7 Å². The van der Waals surface area contributed by atoms with Crippen LogP contribution in [-0.4, -0.2) is 36.4 Å². The van der Waals surface area contributed by atoms with Crippen LogP contribution >= 0.6 is 0 Å². The normalized spacial score (nSPS) is 14.0. The summed E-state index contributed by atoms with van der Waals surface area (Å²) in [5.74, 6) is -0.827. The van der Waals surface area contributed by atoms with E-state index in [2.05, 4.69) is 5.32 Å². The molecule has 1 unspecified atom stereocenters. The van der Waals surface area contributed by atoms with Gasteiger partial charge in [0.1, 0.15) is 16.7 Å². The van der Waals surface area contributed by atoms with Crippen LogP contribution in [0.2, 0.25) is 0 Å². The second-order valence-corrected chi connectivity index (χ2v) is 6.18. The molecule has 0 aliphatic carbocycles. The minimum absolute atomic E-state index is 0.0161. The molecule has 9 heteroatoms. The molecule has 2 N–H and O–H groups in total. The molecule has 1 atom stereocenters. The molecule has 0 saturated heterocycles. The zero-order valence-corrected chi connectivity index (χ0v) is 14.9. The Kier molecular flexibility index (Phi) is 6.15. The van der Waals surface area contributed by atoms with Crippen molar-refractivity contribution in [1.82, 2.24) is 5.32 Å². The van der Waals surface area contributed by atoms with Crippen molar-refractivity contribution in [3.63, 3.8) is 0 Å². The van der Waals surface area contributed by atoms with E-state index in [9.17, 15) is 27.9 Å². The van der Waals surface area contributed by atoms with Crippen molar-refractivity contribution < 1.29 is 32.2 Å². The smallest absolute Gasteiger partial charge is 0.389 e. The molecule has 0 radical (unpaired) electrons. The first-order valence-corrected chi connectivity index (χ1v) is 8.27. The second kappa shape index (κ2) is 7.99. The minimum atomic E-state index is -4.41. The summed E-state index contributed by atoms with van der Waals surface area (Å²) in [7, 11) is 1.39. The Hall–Kier alpha value is -2.55. The number of halogens is 3. The molecule has 1 amide bonds. The monoisotopic (exact) mass is 387 g/mol. The number of fused-ring (bicyclic) bond motifs is 1. The zero-order valence-electron chi connectivity index (χ0n) is 14.9. The fourth-order valence-electron chi connectivity index (χ4n) is 2.56. The average molecular weight is 387 g/mol. The number of nitrogens with one attached hydrogen (secondary N) is 1. The van der Waals surface area contributed by atoms with Gasteiger partial charge < -0.3 is 19.6 Å². The molecule has 0 fully saturated rings. The SMILES string of the molecule is CCC(O)(CCC(F)(F)F)CNC(=O)c1cc(=O)c2c(OC)cccc2o1. The summed E-state index contributed by atoms with van der Waals surface area (Å²) >= 11 is 0. The second-order valence-electron chi connectivity index (χ2n) is 6.18. The Morgan fingerprint density at radius 3 is 2.59 bits per heavy atom. The van der Waals surface area contributed by atoms with Crippen molar-refractivity contribution in [2.45, 2.75) is 38.0 Å². The Bertz CT molecular complexity index is 877. The van der Waals surface area contributed by atoms with Crippen molar-refractivity contribution in [2.75, 3.05) is 13.7 Å². The number of hydrogen-bond acceptors (Lipinski definition) is 5. The molecular formula is C18H20F3NO5. The predicted molar refractivity (Wildman–Crippen MR) is 91.9 cm³/mol. The van der Waals surface area contributed by atoms with E-state index in [0.29, 0.717) is 5.75 Å². The van der Waals surface area contributed by atoms with Crippen molar-refractivity contribution >= 4 is 16.9 Å². The lowest BCUT2D eigenvalue weighted by Crippen LogP contribution is -2.43. The lowest BCUT2D eigenvalue weighted by molar-refractivity contribution is -0.146. The summed E-state index contributed by atoms with van der Waals surface area (Å²) in [5, 5.41) is 12.8. The van der Waals surface area contributed by atoms with Gasteiger partial charge in [0.15, 0.2) is 11.2 Å². The van der Waals surface area contributed by atoms with Crippen LogP contribution in [0.5, 0.6) is 5.75 Å². The molecule has 148 valence electrons. The number of alkyl halides is 3. The molecule has 0 saturated carbocycles. The zero-order chi connectivity index (χ0) is 20.2. The van der Waals surface area contributed by atoms with Gasteiger partial charge in [0.25, 0.3) is 5.91 Å². The van der Waals surface area contributed by atoms with Gasteiger partial charge in [-0.15, -0.1) is 0 Å². The standard InChI is InChI=1S/C18H20F3NO5/c1-3-17(25,7-8-18(19,20)21)10-22-16(24)14-9-11(23)15-12(26-2)5-4-6-13(15)27-14/h4-6,9,25H,3,7-8,10H2,1-2H3,(H,22,24). The molecule has 6 nitrogen and oxygen atoms in total. The molecule has 2 aromatic rings. The summed E-state index contributed by atoms with van der Waals surface area (Å²) in [6.45, 7) is 1.11. The highest BCUT2D eigenvalue weighted by Gasteiger charge is 2.34. The molecule has 1 aromatic heterocycles. The molecule has 1 heterocycles. The topological polar surface area (TPSA) is 88.8 Å². The number of amides is 1. The summed E-state index contributed by atoms with van der Waals surface area (Å²) in [4.78, 5) is 24.5. The Morgan fingerprint density at radius 2 is 2.00 bits per heavy atom. The maximum absolute atomic E-state index is 12.4. The number of methoxy groups -OCH3 is 1. The summed E-state index contributed by atoms with van der Waals surface area (Å²) in [5.41, 5.74) is -2.08. The third kappa shape index (κ3) is 5.22. The first-order chi connectivity index (χ1) is 12.6. The molecule has 0 aliphatic heterocycles. The van der Waals surface area contributed by atoms with E-state index < -0.39 is 42.5 Å². The van der Waals surface area contributed by atoms with E-state index in [0.717, 1.165) is 6.07 Å². The van der Waals surface area contributed by atoms with E-state index >= 15 is 0 Å². The minimum Gasteiger partial charge on any atom is -0.496 e. The molecule has 2 rings (SSSR count). The van der Waals surface area contributed by atoms with E-state index in [1.54, 1.807) is 12.1 Å². The highest BCUT2D eigenvalue weighted by Crippen LogP contribution is 2.27. The van der Waals surface area contributed by atoms with Crippen LogP contribution in [0.3, 0.4) is 0 Å². The molecule has 0 spiro atoms. The van der Waals surface area contributed by atoms with E-state index in [4.69, 9.17) is 9.15 Å². The number of ether oxygens (including phenoxy) is 1. The number of carbonyl (C=O) groups is 1. The van der Waals surface area contributed by atoms with Gasteiger partial charge in [0, 0.05) is 19.0 Å². The highest BCUT2D eigenvalue weighted by molar-refractivity contribution is 5.94. The van der Waals surface area contributed by atoms with Crippen LogP contribution in [-0.2, 0) is 0 Å². The van der Waals surface area contributed by atoms with E-state index in [-0.39, 0.29) is 23.2 Å². The number of benzene rings is 1. The molecule has 0 aliphatic rings. The third-order valence-electron chi connectivity index (χ3n) is 4.27. The summed E-state index contributed by atoms with van der Waals surface area (Å²) < 4.78 is 47.6. The van der Waals surface area contributed by atoms with E-state index in [1.165, 1.54) is 20.1 Å². The third-order valence-corrected chi connectivity index (χ3v) is 4.27. The van der Waals surface area contributed by atoms with Gasteiger partial charge in [0.2, 0.25) is 0 Å². The van der Waals surface area contributed by atoms with Crippen LogP contribution in [0.4, 0.5) is 13.2 Å². The van der Waals surface area contributed by atoms with Gasteiger partial charge in [-0.1, -0.05) is 13.0 Å². The van der Waals surface area contributed by atoms with Crippen LogP contribution in [0.15, 0.2) is 33.5 Å². The first kappa shape index (κ1) is 20.8. The van der Waals surface area contributed by atoms with Gasteiger partial charge in [-0.3, -0.25) is 9.59 Å². The Balaban J connectivity index is 2.17. The average Bonchev–Trinajstić information content (AvgIpc) is 2.63. The fraction of sp³-hybridized carbons (Fsp3) is 0.444. The highest BCUT2D eigenvalue weighted by atomic mass is 19.4. The van der Waals surface area contributed by atoms with Gasteiger partial charge >= 0.3 is 6.18 Å². The van der Waals surface area contributed by atoms with Crippen molar-refractivity contribution in [3.05, 3.63) is 40.2 Å². The van der Waals surface area contributed by atoms with E-state index in [1.807, 2.05) is 0 Å². The lowest BCUT2D eigenvalue weighted by atomic mass is 9.94. The number of aliphatic hydroxyl groups is 1. The largest absolute Gasteiger partial charge is 0.496 e. The van der Waals surface area contributed by atoms with Crippen LogP contribution in [0, 0.1) is 0 Å². The molecule has 0 bridgehead atoms. The number of rotatable bonds is 7. The van der Waals surface area contributed by atoms with Crippen LogP contribution in [0.25, 0.3) is 11.0 Å². The predicted octanol–water partition coefficient (Wildman–Crippen LogP) is 3.02. The maximum Gasteiger partial charge on any atom is 0.389 e. The quantitative estimate of drug-likeness (QED) is 0.763. The maximum atomic E-state index is 12.4. The lowest BCUT2D eigenvalue weighted by Gasteiger charge is -2.27. The van der Waals surface area contributed by atoms with Gasteiger partial charge in [-0.2, -0.15) is 13.2 Å². The first-order valence-electron chi connectivity index (χ1n) is 8.27. The molecule has 27 heavy (non-hydrogen) atoms. The van der Waals surface area contributed by atoms with Crippen LogP contribution in [0.1, 0.15) is 36.7 Å².